The maximum atomic E-state index is 12.5. The molecule has 3 aliphatic rings. The van der Waals surface area contributed by atoms with Crippen LogP contribution in [0.3, 0.4) is 0 Å². The van der Waals surface area contributed by atoms with E-state index in [1.807, 2.05) is 23.1 Å². The first-order valence-corrected chi connectivity index (χ1v) is 8.47. The molecule has 2 saturated carbocycles. The van der Waals surface area contributed by atoms with Gasteiger partial charge in [-0.25, -0.2) is 0 Å². The minimum atomic E-state index is -0.0311. The van der Waals surface area contributed by atoms with E-state index >= 15 is 0 Å². The van der Waals surface area contributed by atoms with Crippen molar-refractivity contribution in [3.8, 4) is 5.75 Å². The van der Waals surface area contributed by atoms with Crippen LogP contribution < -0.4 is 15.0 Å². The van der Waals surface area contributed by atoms with Crippen LogP contribution in [0.4, 0.5) is 5.69 Å². The van der Waals surface area contributed by atoms with Crippen LogP contribution in [0.25, 0.3) is 0 Å². The highest BCUT2D eigenvalue weighted by Crippen LogP contribution is 2.41. The number of carbonyl (C=O) groups is 2. The fourth-order valence-electron chi connectivity index (χ4n) is 3.28. The van der Waals surface area contributed by atoms with E-state index in [9.17, 15) is 9.59 Å². The fourth-order valence-corrected chi connectivity index (χ4v) is 3.28. The van der Waals surface area contributed by atoms with Crippen LogP contribution in [-0.4, -0.2) is 25.5 Å². The molecule has 1 N–H and O–H groups in total. The first-order chi connectivity index (χ1) is 11.2. The highest BCUT2D eigenvalue weighted by Gasteiger charge is 2.38. The number of nitrogens with one attached hydrogen (secondary N) is 1. The second-order valence-electron chi connectivity index (χ2n) is 6.81. The first-order valence-electron chi connectivity index (χ1n) is 8.47. The molecule has 5 heteroatoms. The van der Waals surface area contributed by atoms with Gasteiger partial charge in [0.15, 0.2) is 0 Å². The summed E-state index contributed by atoms with van der Waals surface area (Å²) in [7, 11) is 1.63. The molecule has 2 aliphatic carbocycles. The quantitative estimate of drug-likeness (QED) is 0.928. The largest absolute Gasteiger partial charge is 0.497 e. The number of amides is 2. The predicted octanol–water partition coefficient (Wildman–Crippen LogP) is 2.41. The monoisotopic (exact) mass is 314 g/mol. The Bertz CT molecular complexity index is 650. The van der Waals surface area contributed by atoms with Gasteiger partial charge >= 0.3 is 0 Å². The van der Waals surface area contributed by atoms with Gasteiger partial charge in [-0.3, -0.25) is 9.59 Å². The zero-order valence-corrected chi connectivity index (χ0v) is 13.4. The van der Waals surface area contributed by atoms with Gasteiger partial charge in [-0.2, -0.15) is 0 Å². The minimum absolute atomic E-state index is 0.0311. The van der Waals surface area contributed by atoms with E-state index in [0.29, 0.717) is 6.54 Å². The lowest BCUT2D eigenvalue weighted by Gasteiger charge is -2.35. The van der Waals surface area contributed by atoms with Crippen molar-refractivity contribution in [2.75, 3.05) is 18.6 Å². The van der Waals surface area contributed by atoms with Crippen LogP contribution in [0.15, 0.2) is 18.2 Å². The molecule has 0 unspecified atom stereocenters. The molecule has 1 aliphatic heterocycles. The third kappa shape index (κ3) is 2.80. The predicted molar refractivity (Wildman–Crippen MR) is 86.3 cm³/mol. The molecule has 2 fully saturated rings. The number of anilines is 1. The molecule has 1 heterocycles. The Morgan fingerprint density at radius 1 is 1.13 bits per heavy atom. The van der Waals surface area contributed by atoms with Gasteiger partial charge in [0.05, 0.1) is 13.2 Å². The number of benzene rings is 1. The average molecular weight is 314 g/mol. The van der Waals surface area contributed by atoms with Crippen molar-refractivity contribution in [1.82, 2.24) is 5.32 Å². The summed E-state index contributed by atoms with van der Waals surface area (Å²) in [4.78, 5) is 26.6. The molecule has 0 aromatic heterocycles. The van der Waals surface area contributed by atoms with Crippen molar-refractivity contribution in [3.05, 3.63) is 23.8 Å². The molecule has 0 spiro atoms. The average Bonchev–Trinajstić information content (AvgIpc) is 3.46. The summed E-state index contributed by atoms with van der Waals surface area (Å²) in [5.41, 5.74) is 1.92. The number of carbonyl (C=O) groups excluding carboxylic acids is 2. The normalized spacial score (nSPS) is 23.2. The standard InChI is InChI=1S/C18H22N2O3/c1-23-13-6-7-16-14(10-13)15(19-17(21)11-2-3-11)8-9-20(16)18(22)12-4-5-12/h6-7,10-12,15H,2-5,8-9H2,1H3,(H,19,21)/t15-/m0/s1. The molecular formula is C18H22N2O3. The topological polar surface area (TPSA) is 58.6 Å². The van der Waals surface area contributed by atoms with E-state index in [-0.39, 0.29) is 29.7 Å². The third-order valence-electron chi connectivity index (χ3n) is 5.00. The Morgan fingerprint density at radius 2 is 1.87 bits per heavy atom. The van der Waals surface area contributed by atoms with Gasteiger partial charge < -0.3 is 15.0 Å². The van der Waals surface area contributed by atoms with Gasteiger partial charge in [0.2, 0.25) is 11.8 Å². The number of ether oxygens (including phenoxy) is 1. The first kappa shape index (κ1) is 14.5. The maximum absolute atomic E-state index is 12.5. The van der Waals surface area contributed by atoms with Gasteiger partial charge in [0, 0.05) is 29.6 Å². The van der Waals surface area contributed by atoms with Crippen molar-refractivity contribution in [3.63, 3.8) is 0 Å². The number of methoxy groups -OCH3 is 1. The highest BCUT2D eigenvalue weighted by atomic mass is 16.5. The molecular weight excluding hydrogens is 292 g/mol. The molecule has 0 bridgehead atoms. The molecule has 2 amide bonds. The van der Waals surface area contributed by atoms with Crippen LogP contribution in [0.1, 0.15) is 43.7 Å². The van der Waals surface area contributed by atoms with Gasteiger partial charge in [0.25, 0.3) is 0 Å². The molecule has 4 rings (SSSR count). The van der Waals surface area contributed by atoms with E-state index in [1.54, 1.807) is 7.11 Å². The molecule has 1 atom stereocenters. The summed E-state index contributed by atoms with van der Waals surface area (Å²) in [6.07, 6.45) is 4.76. The summed E-state index contributed by atoms with van der Waals surface area (Å²) < 4.78 is 5.33. The second kappa shape index (κ2) is 5.55. The number of nitrogens with zero attached hydrogens (tertiary/aromatic N) is 1. The van der Waals surface area contributed by atoms with Crippen LogP contribution in [0.5, 0.6) is 5.75 Å². The van der Waals surface area contributed by atoms with Gasteiger partial charge in [-0.1, -0.05) is 0 Å². The third-order valence-corrected chi connectivity index (χ3v) is 5.00. The van der Waals surface area contributed by atoms with Crippen LogP contribution in [0.2, 0.25) is 0 Å². The minimum Gasteiger partial charge on any atom is -0.497 e. The molecule has 1 aromatic carbocycles. The number of hydrogen-bond donors (Lipinski definition) is 1. The summed E-state index contributed by atoms with van der Waals surface area (Å²) in [6.45, 7) is 0.671. The van der Waals surface area contributed by atoms with Crippen molar-refractivity contribution < 1.29 is 14.3 Å². The van der Waals surface area contributed by atoms with Crippen LogP contribution in [-0.2, 0) is 9.59 Å². The van der Waals surface area contributed by atoms with Crippen LogP contribution in [0, 0.1) is 11.8 Å². The van der Waals surface area contributed by atoms with E-state index < -0.39 is 0 Å². The Kier molecular flexibility index (Phi) is 3.51. The Hall–Kier alpha value is -2.04. The lowest BCUT2D eigenvalue weighted by Crippen LogP contribution is -2.42. The van der Waals surface area contributed by atoms with Gasteiger partial charge in [-0.05, 0) is 50.3 Å². The lowest BCUT2D eigenvalue weighted by atomic mass is 9.95. The second-order valence-corrected chi connectivity index (χ2v) is 6.81. The Balaban J connectivity index is 1.63. The van der Waals surface area contributed by atoms with Crippen LogP contribution >= 0.6 is 0 Å². The summed E-state index contributed by atoms with van der Waals surface area (Å²) >= 11 is 0. The zero-order chi connectivity index (χ0) is 16.0. The van der Waals surface area contributed by atoms with Crippen molar-refractivity contribution in [1.29, 1.82) is 0 Å². The summed E-state index contributed by atoms with van der Waals surface area (Å²) in [6, 6.07) is 5.76. The fraction of sp³-hybridized carbons (Fsp3) is 0.556. The molecule has 122 valence electrons. The molecule has 0 radical (unpaired) electrons. The Morgan fingerprint density at radius 3 is 2.52 bits per heavy atom. The van der Waals surface area contributed by atoms with Crippen molar-refractivity contribution >= 4 is 17.5 Å². The molecule has 1 aromatic rings. The lowest BCUT2D eigenvalue weighted by molar-refractivity contribution is -0.123. The summed E-state index contributed by atoms with van der Waals surface area (Å²) in [5, 5.41) is 3.16. The smallest absolute Gasteiger partial charge is 0.230 e. The SMILES string of the molecule is COc1ccc2c(c1)[C@@H](NC(=O)C1CC1)CCN2C(=O)C1CC1. The number of hydrogen-bond acceptors (Lipinski definition) is 3. The van der Waals surface area contributed by atoms with E-state index in [1.165, 1.54) is 0 Å². The summed E-state index contributed by atoms with van der Waals surface area (Å²) in [5.74, 6) is 1.52. The maximum Gasteiger partial charge on any atom is 0.230 e. The zero-order valence-electron chi connectivity index (χ0n) is 13.4. The van der Waals surface area contributed by atoms with Crippen molar-refractivity contribution in [2.24, 2.45) is 11.8 Å². The molecule has 0 saturated heterocycles. The highest BCUT2D eigenvalue weighted by molar-refractivity contribution is 5.98. The van der Waals surface area contributed by atoms with Crippen molar-refractivity contribution in [2.45, 2.75) is 38.1 Å². The molecule has 23 heavy (non-hydrogen) atoms. The number of fused-ring (bicyclic) bond motifs is 1. The van der Waals surface area contributed by atoms with E-state index in [0.717, 1.165) is 49.1 Å². The molecule has 5 nitrogen and oxygen atoms in total. The Labute approximate surface area is 136 Å². The van der Waals surface area contributed by atoms with Gasteiger partial charge in [-0.15, -0.1) is 0 Å². The number of rotatable bonds is 4. The van der Waals surface area contributed by atoms with Gasteiger partial charge in [0.1, 0.15) is 5.75 Å². The van der Waals surface area contributed by atoms with E-state index in [4.69, 9.17) is 4.74 Å². The van der Waals surface area contributed by atoms with E-state index in [2.05, 4.69) is 5.32 Å².